The molecule has 1 aromatic heterocycles. The summed E-state index contributed by atoms with van der Waals surface area (Å²) in [6, 6.07) is 5.64. The maximum absolute atomic E-state index is 13.5. The number of hydrogen-bond acceptors (Lipinski definition) is 4. The van der Waals surface area contributed by atoms with E-state index in [1.807, 2.05) is 0 Å². The van der Waals surface area contributed by atoms with Crippen molar-refractivity contribution in [2.45, 2.75) is 18.0 Å². The van der Waals surface area contributed by atoms with Crippen LogP contribution in [-0.2, 0) is 23.1 Å². The smallest absolute Gasteiger partial charge is 0.242 e. The van der Waals surface area contributed by atoms with E-state index in [-0.39, 0.29) is 29.2 Å². The first-order valence-electron chi connectivity index (χ1n) is 6.01. The molecule has 1 aromatic carbocycles. The van der Waals surface area contributed by atoms with E-state index >= 15 is 0 Å². The van der Waals surface area contributed by atoms with Gasteiger partial charge in [-0.2, -0.15) is 0 Å². The fourth-order valence-corrected chi connectivity index (χ4v) is 2.96. The Labute approximate surface area is 120 Å². The highest BCUT2D eigenvalue weighted by Crippen LogP contribution is 2.14. The predicted molar refractivity (Wildman–Crippen MR) is 72.5 cm³/mol. The predicted octanol–water partition coefficient (Wildman–Crippen LogP) is 1.30. The highest BCUT2D eigenvalue weighted by Gasteiger charge is 2.19. The number of nitrogens with one attached hydrogen (secondary N) is 1. The van der Waals surface area contributed by atoms with Crippen molar-refractivity contribution in [1.82, 2.24) is 9.71 Å². The van der Waals surface area contributed by atoms with Crippen molar-refractivity contribution in [2.24, 2.45) is 5.73 Å². The molecule has 0 radical (unpaired) electrons. The Balaban J connectivity index is 2.24. The number of halogens is 2. The average molecular weight is 313 g/mol. The van der Waals surface area contributed by atoms with Crippen molar-refractivity contribution in [3.8, 4) is 0 Å². The van der Waals surface area contributed by atoms with E-state index < -0.39 is 21.7 Å². The van der Waals surface area contributed by atoms with Gasteiger partial charge in [-0.1, -0.05) is 0 Å². The molecule has 0 aliphatic rings. The van der Waals surface area contributed by atoms with Gasteiger partial charge in [0.1, 0.15) is 16.5 Å². The van der Waals surface area contributed by atoms with Crippen LogP contribution in [0.25, 0.3) is 0 Å². The Hall–Kier alpha value is -1.90. The maximum Gasteiger partial charge on any atom is 0.242 e. The zero-order valence-corrected chi connectivity index (χ0v) is 11.7. The van der Waals surface area contributed by atoms with Gasteiger partial charge >= 0.3 is 0 Å². The van der Waals surface area contributed by atoms with Crippen LogP contribution < -0.4 is 10.5 Å². The van der Waals surface area contributed by atoms with E-state index in [1.54, 1.807) is 0 Å². The van der Waals surface area contributed by atoms with Gasteiger partial charge in [-0.3, -0.25) is 4.98 Å². The normalized spacial score (nSPS) is 11.6. The number of sulfonamides is 1. The van der Waals surface area contributed by atoms with Gasteiger partial charge in [-0.25, -0.2) is 21.9 Å². The number of nitrogens with zero attached hydrogens (tertiary/aromatic N) is 1. The number of nitrogens with two attached hydrogens (primary N) is 1. The highest BCUT2D eigenvalue weighted by molar-refractivity contribution is 7.89. The van der Waals surface area contributed by atoms with Gasteiger partial charge in [0.2, 0.25) is 10.0 Å². The minimum atomic E-state index is -3.91. The summed E-state index contributed by atoms with van der Waals surface area (Å²) in [6.45, 7) is -0.420. The third-order valence-corrected chi connectivity index (χ3v) is 4.27. The van der Waals surface area contributed by atoms with Crippen molar-refractivity contribution in [3.05, 3.63) is 59.4 Å². The molecule has 2 rings (SSSR count). The molecule has 0 saturated carbocycles. The number of aromatic nitrogens is 1. The van der Waals surface area contributed by atoms with Gasteiger partial charge in [0.15, 0.2) is 0 Å². The topological polar surface area (TPSA) is 85.1 Å². The Morgan fingerprint density at radius 2 is 2.00 bits per heavy atom. The van der Waals surface area contributed by atoms with Crippen LogP contribution in [-0.4, -0.2) is 13.4 Å². The van der Waals surface area contributed by atoms with Crippen LogP contribution in [0, 0.1) is 11.6 Å². The highest BCUT2D eigenvalue weighted by atomic mass is 32.2. The Bertz CT molecular complexity index is 751. The molecule has 1 heterocycles. The summed E-state index contributed by atoms with van der Waals surface area (Å²) in [7, 11) is -3.91. The van der Waals surface area contributed by atoms with Crippen LogP contribution >= 0.6 is 0 Å². The second-order valence-electron chi connectivity index (χ2n) is 4.21. The third-order valence-electron chi connectivity index (χ3n) is 2.79. The van der Waals surface area contributed by atoms with Crippen molar-refractivity contribution in [2.75, 3.05) is 0 Å². The van der Waals surface area contributed by atoms with Crippen molar-refractivity contribution in [3.63, 3.8) is 0 Å². The minimum Gasteiger partial charge on any atom is -0.325 e. The molecule has 0 spiro atoms. The molecule has 21 heavy (non-hydrogen) atoms. The maximum atomic E-state index is 13.5. The lowest BCUT2D eigenvalue weighted by Crippen LogP contribution is -2.25. The van der Waals surface area contributed by atoms with Crippen LogP contribution in [0.2, 0.25) is 0 Å². The Morgan fingerprint density at radius 3 is 2.71 bits per heavy atom. The lowest BCUT2D eigenvalue weighted by atomic mass is 10.2. The van der Waals surface area contributed by atoms with Crippen molar-refractivity contribution >= 4 is 10.0 Å². The number of rotatable bonds is 5. The first-order chi connectivity index (χ1) is 9.94. The monoisotopic (exact) mass is 313 g/mol. The molecule has 0 atom stereocenters. The zero-order valence-electron chi connectivity index (χ0n) is 10.9. The quantitative estimate of drug-likeness (QED) is 0.871. The first kappa shape index (κ1) is 15.5. The van der Waals surface area contributed by atoms with Crippen LogP contribution in [0.3, 0.4) is 0 Å². The summed E-state index contributed by atoms with van der Waals surface area (Å²) in [5, 5.41) is 0. The molecule has 0 unspecified atom stereocenters. The van der Waals surface area contributed by atoms with E-state index in [0.717, 1.165) is 18.2 Å². The Kier molecular flexibility index (Phi) is 4.61. The number of hydrogen-bond donors (Lipinski definition) is 2. The molecule has 0 aliphatic carbocycles. The van der Waals surface area contributed by atoms with Crippen LogP contribution in [0.1, 0.15) is 11.3 Å². The second-order valence-corrected chi connectivity index (χ2v) is 5.95. The van der Waals surface area contributed by atoms with E-state index in [9.17, 15) is 17.2 Å². The minimum absolute atomic E-state index is 0.0502. The van der Waals surface area contributed by atoms with Gasteiger partial charge in [0.05, 0.1) is 5.69 Å². The first-order valence-corrected chi connectivity index (χ1v) is 7.50. The summed E-state index contributed by atoms with van der Waals surface area (Å²) in [6.07, 6.45) is 1.42. The zero-order chi connectivity index (χ0) is 15.5. The fourth-order valence-electron chi connectivity index (χ4n) is 1.75. The van der Waals surface area contributed by atoms with E-state index in [4.69, 9.17) is 5.73 Å². The van der Waals surface area contributed by atoms with Crippen molar-refractivity contribution < 1.29 is 17.2 Å². The van der Waals surface area contributed by atoms with Crippen molar-refractivity contribution in [1.29, 1.82) is 0 Å². The summed E-state index contributed by atoms with van der Waals surface area (Å²) in [5.41, 5.74) is 5.55. The second kappa shape index (κ2) is 6.25. The number of pyridine rings is 1. The molecule has 0 fully saturated rings. The summed E-state index contributed by atoms with van der Waals surface area (Å²) in [4.78, 5) is 3.79. The van der Waals surface area contributed by atoms with Crippen LogP contribution in [0.15, 0.2) is 41.4 Å². The lowest BCUT2D eigenvalue weighted by Gasteiger charge is -2.10. The molecule has 0 bridgehead atoms. The molecule has 8 heteroatoms. The average Bonchev–Trinajstić information content (AvgIpc) is 2.48. The van der Waals surface area contributed by atoms with Gasteiger partial charge < -0.3 is 5.73 Å². The van der Waals surface area contributed by atoms with Gasteiger partial charge in [-0.05, 0) is 30.3 Å². The van der Waals surface area contributed by atoms with E-state index in [0.29, 0.717) is 0 Å². The van der Waals surface area contributed by atoms with Crippen LogP contribution in [0.5, 0.6) is 0 Å². The summed E-state index contributed by atoms with van der Waals surface area (Å²) < 4.78 is 53.0. The fraction of sp³-hybridized carbons (Fsp3) is 0.154. The molecule has 5 nitrogen and oxygen atoms in total. The SMILES string of the molecule is NCc1ncccc1S(=O)(=O)NCc1cc(F)ccc1F. The largest absolute Gasteiger partial charge is 0.325 e. The molecule has 0 saturated heterocycles. The number of benzene rings is 1. The standard InChI is InChI=1S/C13H13F2N3O2S/c14-10-3-4-11(15)9(6-10)8-18-21(19,20)13-2-1-5-17-12(13)7-16/h1-6,18H,7-8,16H2. The van der Waals surface area contributed by atoms with E-state index in [2.05, 4.69) is 9.71 Å². The van der Waals surface area contributed by atoms with E-state index in [1.165, 1.54) is 18.3 Å². The van der Waals surface area contributed by atoms with Gasteiger partial charge in [-0.15, -0.1) is 0 Å². The molecule has 0 amide bonds. The molecule has 2 aromatic rings. The third kappa shape index (κ3) is 3.60. The summed E-state index contributed by atoms with van der Waals surface area (Å²) in [5.74, 6) is -1.33. The molecule has 0 aliphatic heterocycles. The van der Waals surface area contributed by atoms with Crippen LogP contribution in [0.4, 0.5) is 8.78 Å². The molecular weight excluding hydrogens is 300 g/mol. The molecular formula is C13H13F2N3O2S. The molecule has 112 valence electrons. The van der Waals surface area contributed by atoms with Gasteiger partial charge in [0, 0.05) is 24.8 Å². The summed E-state index contributed by atoms with van der Waals surface area (Å²) >= 11 is 0. The van der Waals surface area contributed by atoms with Gasteiger partial charge in [0.25, 0.3) is 0 Å². The molecule has 3 N–H and O–H groups in total. The lowest BCUT2D eigenvalue weighted by molar-refractivity contribution is 0.566. The Morgan fingerprint density at radius 1 is 1.24 bits per heavy atom.